The number of hydrogen-bond donors (Lipinski definition) is 1. The molecule has 0 aliphatic carbocycles. The van der Waals surface area contributed by atoms with Crippen LogP contribution in [-0.4, -0.2) is 47.2 Å². The maximum atomic E-state index is 12.6. The molecule has 1 fully saturated rings. The largest absolute Gasteiger partial charge is 0.496 e. The summed E-state index contributed by atoms with van der Waals surface area (Å²) in [6, 6.07) is 7.05. The molecule has 0 saturated carbocycles. The maximum Gasteiger partial charge on any atom is 0.255 e. The van der Waals surface area contributed by atoms with Gasteiger partial charge in [-0.1, -0.05) is 12.1 Å². The van der Waals surface area contributed by atoms with Gasteiger partial charge in [0.1, 0.15) is 5.75 Å². The van der Waals surface area contributed by atoms with Crippen molar-refractivity contribution < 1.29 is 14.3 Å². The van der Waals surface area contributed by atoms with E-state index in [2.05, 4.69) is 10.4 Å². The Kier molecular flexibility index (Phi) is 5.25. The molecule has 0 unspecified atom stereocenters. The Balaban J connectivity index is 1.74. The zero-order chi connectivity index (χ0) is 18.7. The van der Waals surface area contributed by atoms with Crippen molar-refractivity contribution in [3.63, 3.8) is 0 Å². The lowest BCUT2D eigenvalue weighted by Crippen LogP contribution is -2.44. The fourth-order valence-corrected chi connectivity index (χ4v) is 3.57. The molecule has 7 nitrogen and oxygen atoms in total. The molecule has 2 aromatic rings. The summed E-state index contributed by atoms with van der Waals surface area (Å²) in [5.74, 6) is 0.614. The molecular weight excluding hydrogens is 332 g/mol. The van der Waals surface area contributed by atoms with Crippen LogP contribution in [0.4, 0.5) is 0 Å². The van der Waals surface area contributed by atoms with Gasteiger partial charge in [-0.15, -0.1) is 0 Å². The minimum Gasteiger partial charge on any atom is -0.496 e. The number of rotatable bonds is 5. The Labute approximate surface area is 152 Å². The number of carbonyl (C=O) groups is 2. The lowest BCUT2D eigenvalue weighted by atomic mass is 9.85. The van der Waals surface area contributed by atoms with Crippen molar-refractivity contribution in [2.75, 3.05) is 20.7 Å². The summed E-state index contributed by atoms with van der Waals surface area (Å²) in [4.78, 5) is 26.5. The topological polar surface area (TPSA) is 76.5 Å². The van der Waals surface area contributed by atoms with Gasteiger partial charge in [-0.2, -0.15) is 5.10 Å². The van der Waals surface area contributed by atoms with Gasteiger partial charge in [0, 0.05) is 44.7 Å². The Morgan fingerprint density at radius 1 is 1.35 bits per heavy atom. The lowest BCUT2D eigenvalue weighted by molar-refractivity contribution is -0.136. The predicted octanol–water partition coefficient (Wildman–Crippen LogP) is 1.77. The Hall–Kier alpha value is -2.83. The monoisotopic (exact) mass is 356 g/mol. The van der Waals surface area contributed by atoms with Crippen molar-refractivity contribution in [2.45, 2.75) is 18.9 Å². The van der Waals surface area contributed by atoms with Crippen molar-refractivity contribution in [1.82, 2.24) is 20.0 Å². The number of piperidine rings is 1. The molecular formula is C19H24N4O3. The van der Waals surface area contributed by atoms with Gasteiger partial charge in [-0.25, -0.2) is 0 Å². The van der Waals surface area contributed by atoms with Crippen LogP contribution in [0, 0.1) is 5.92 Å². The van der Waals surface area contributed by atoms with Gasteiger partial charge < -0.3 is 15.0 Å². The van der Waals surface area contributed by atoms with Gasteiger partial charge in [-0.05, 0) is 18.6 Å². The quantitative estimate of drug-likeness (QED) is 0.886. The van der Waals surface area contributed by atoms with Crippen LogP contribution in [-0.2, 0) is 11.8 Å². The molecule has 7 heteroatoms. The first-order valence-electron chi connectivity index (χ1n) is 8.66. The van der Waals surface area contributed by atoms with Crippen LogP contribution in [0.25, 0.3) is 0 Å². The third-order valence-electron chi connectivity index (χ3n) is 4.93. The Morgan fingerprint density at radius 2 is 2.12 bits per heavy atom. The third kappa shape index (κ3) is 3.56. The molecule has 2 heterocycles. The number of benzene rings is 1. The SMILES string of the molecule is COc1ccccc1C(=O)NC[C@H]1CCC(=O)N(C)[C@@H]1c1cnn(C)c1. The summed E-state index contributed by atoms with van der Waals surface area (Å²) in [5.41, 5.74) is 1.49. The molecule has 2 atom stereocenters. The molecule has 1 aromatic carbocycles. The number of para-hydroxylation sites is 1. The highest BCUT2D eigenvalue weighted by atomic mass is 16.5. The Morgan fingerprint density at radius 3 is 2.81 bits per heavy atom. The van der Waals surface area contributed by atoms with E-state index in [1.54, 1.807) is 35.0 Å². The number of hydrogen-bond acceptors (Lipinski definition) is 4. The van der Waals surface area contributed by atoms with Crippen molar-refractivity contribution in [2.24, 2.45) is 13.0 Å². The average molecular weight is 356 g/mol. The van der Waals surface area contributed by atoms with Crippen molar-refractivity contribution in [1.29, 1.82) is 0 Å². The van der Waals surface area contributed by atoms with Gasteiger partial charge in [-0.3, -0.25) is 14.3 Å². The highest BCUT2D eigenvalue weighted by molar-refractivity contribution is 5.96. The zero-order valence-corrected chi connectivity index (χ0v) is 15.3. The van der Waals surface area contributed by atoms with E-state index in [1.807, 2.05) is 32.4 Å². The van der Waals surface area contributed by atoms with E-state index in [0.29, 0.717) is 24.3 Å². The molecule has 138 valence electrons. The molecule has 2 amide bonds. The van der Waals surface area contributed by atoms with Crippen LogP contribution < -0.4 is 10.1 Å². The highest BCUT2D eigenvalue weighted by Crippen LogP contribution is 2.35. The predicted molar refractivity (Wildman–Crippen MR) is 96.8 cm³/mol. The molecule has 1 N–H and O–H groups in total. The zero-order valence-electron chi connectivity index (χ0n) is 15.3. The van der Waals surface area contributed by atoms with Crippen LogP contribution in [0.1, 0.15) is 34.8 Å². The highest BCUT2D eigenvalue weighted by Gasteiger charge is 2.35. The molecule has 1 aliphatic rings. The Bertz CT molecular complexity index is 802. The minimum atomic E-state index is -0.174. The molecule has 3 rings (SSSR count). The summed E-state index contributed by atoms with van der Waals surface area (Å²) >= 11 is 0. The number of aromatic nitrogens is 2. The molecule has 0 spiro atoms. The average Bonchev–Trinajstić information content (AvgIpc) is 3.08. The molecule has 1 aliphatic heterocycles. The smallest absolute Gasteiger partial charge is 0.255 e. The fraction of sp³-hybridized carbons (Fsp3) is 0.421. The van der Waals surface area contributed by atoms with Crippen LogP contribution in [0.3, 0.4) is 0 Å². The minimum absolute atomic E-state index is 0.0945. The standard InChI is InChI=1S/C19H24N4O3/c1-22-12-14(11-21-22)18-13(8-9-17(24)23(18)2)10-20-19(25)15-6-4-5-7-16(15)26-3/h4-7,11-13,18H,8-10H2,1-3H3,(H,20,25)/t13-,18+/m1/s1. The van der Waals surface area contributed by atoms with E-state index >= 15 is 0 Å². The molecule has 1 aromatic heterocycles. The first kappa shape index (κ1) is 18.0. The number of methoxy groups -OCH3 is 1. The third-order valence-corrected chi connectivity index (χ3v) is 4.93. The number of amides is 2. The summed E-state index contributed by atoms with van der Waals surface area (Å²) in [7, 11) is 5.22. The molecule has 0 bridgehead atoms. The van der Waals surface area contributed by atoms with Gasteiger partial charge in [0.15, 0.2) is 0 Å². The van der Waals surface area contributed by atoms with Crippen molar-refractivity contribution in [3.8, 4) is 5.75 Å². The normalized spacial score (nSPS) is 20.1. The van der Waals surface area contributed by atoms with E-state index in [9.17, 15) is 9.59 Å². The van der Waals surface area contributed by atoms with E-state index in [1.165, 1.54) is 0 Å². The lowest BCUT2D eigenvalue weighted by Gasteiger charge is -2.38. The summed E-state index contributed by atoms with van der Waals surface area (Å²) in [6.45, 7) is 0.480. The van der Waals surface area contributed by atoms with E-state index in [-0.39, 0.29) is 23.8 Å². The van der Waals surface area contributed by atoms with Crippen LogP contribution in [0.5, 0.6) is 5.75 Å². The fourth-order valence-electron chi connectivity index (χ4n) is 3.57. The molecule has 1 saturated heterocycles. The number of carbonyl (C=O) groups excluding carboxylic acids is 2. The summed E-state index contributed by atoms with van der Waals surface area (Å²) < 4.78 is 6.99. The maximum absolute atomic E-state index is 12.6. The first-order valence-corrected chi connectivity index (χ1v) is 8.66. The summed E-state index contributed by atoms with van der Waals surface area (Å²) in [6.07, 6.45) is 4.93. The van der Waals surface area contributed by atoms with E-state index < -0.39 is 0 Å². The second-order valence-corrected chi connectivity index (χ2v) is 6.61. The number of likely N-dealkylation sites (tertiary alicyclic amines) is 1. The van der Waals surface area contributed by atoms with E-state index in [4.69, 9.17) is 4.74 Å². The van der Waals surface area contributed by atoms with Crippen molar-refractivity contribution >= 4 is 11.8 Å². The van der Waals surface area contributed by atoms with Crippen LogP contribution in [0.15, 0.2) is 36.7 Å². The van der Waals surface area contributed by atoms with Crippen LogP contribution in [0.2, 0.25) is 0 Å². The number of aryl methyl sites for hydroxylation is 1. The van der Waals surface area contributed by atoms with E-state index in [0.717, 1.165) is 12.0 Å². The molecule has 26 heavy (non-hydrogen) atoms. The first-order chi connectivity index (χ1) is 12.5. The van der Waals surface area contributed by atoms with Crippen molar-refractivity contribution in [3.05, 3.63) is 47.8 Å². The number of nitrogens with zero attached hydrogens (tertiary/aromatic N) is 3. The van der Waals surface area contributed by atoms with Gasteiger partial charge in [0.25, 0.3) is 5.91 Å². The second-order valence-electron chi connectivity index (χ2n) is 6.61. The van der Waals surface area contributed by atoms with Gasteiger partial charge in [0.2, 0.25) is 5.91 Å². The van der Waals surface area contributed by atoms with Crippen LogP contribution >= 0.6 is 0 Å². The second kappa shape index (κ2) is 7.59. The number of nitrogens with one attached hydrogen (secondary N) is 1. The van der Waals surface area contributed by atoms with Gasteiger partial charge in [0.05, 0.1) is 24.9 Å². The molecule has 0 radical (unpaired) electrons. The number of ether oxygens (including phenoxy) is 1. The summed E-state index contributed by atoms with van der Waals surface area (Å²) in [5, 5.41) is 7.23. The van der Waals surface area contributed by atoms with Gasteiger partial charge >= 0.3 is 0 Å².